The van der Waals surface area contributed by atoms with Crippen molar-refractivity contribution in [3.8, 4) is 0 Å². The molecule has 166 valence electrons. The van der Waals surface area contributed by atoms with Gasteiger partial charge in [-0.3, -0.25) is 14.9 Å². The van der Waals surface area contributed by atoms with Crippen LogP contribution in [0.5, 0.6) is 0 Å². The molecule has 1 unspecified atom stereocenters. The Labute approximate surface area is 196 Å². The molecule has 1 atom stereocenters. The van der Waals surface area contributed by atoms with Crippen LogP contribution in [0, 0.1) is 0 Å². The predicted octanol–water partition coefficient (Wildman–Crippen LogP) is 5.32. The third-order valence-electron chi connectivity index (χ3n) is 5.18. The van der Waals surface area contributed by atoms with Gasteiger partial charge in [0.15, 0.2) is 0 Å². The number of aromatic nitrogens is 2. The molecule has 6 nitrogen and oxygen atoms in total. The standard InChI is InChI=1S/C26H24N4O2S/c1-18(20-10-6-3-7-11-20)16-24-29-30-26(33-24)28-25(32)21-12-14-22(15-13-21)27-23(31)17-19-8-4-2-5-9-19/h2-15,18H,16-17H2,1H3,(H,27,31)(H,28,30,32). The van der Waals surface area contributed by atoms with E-state index in [4.69, 9.17) is 0 Å². The minimum absolute atomic E-state index is 0.107. The maximum absolute atomic E-state index is 12.6. The highest BCUT2D eigenvalue weighted by Gasteiger charge is 2.14. The van der Waals surface area contributed by atoms with Gasteiger partial charge in [0, 0.05) is 17.7 Å². The van der Waals surface area contributed by atoms with Gasteiger partial charge in [0.05, 0.1) is 6.42 Å². The molecule has 0 saturated heterocycles. The second-order valence-corrected chi connectivity index (χ2v) is 8.82. The Morgan fingerprint density at radius 1 is 0.848 bits per heavy atom. The first-order valence-electron chi connectivity index (χ1n) is 10.7. The molecule has 0 aliphatic heterocycles. The van der Waals surface area contributed by atoms with E-state index in [1.54, 1.807) is 24.3 Å². The Hall–Kier alpha value is -3.84. The third kappa shape index (κ3) is 6.33. The second kappa shape index (κ2) is 10.7. The van der Waals surface area contributed by atoms with Gasteiger partial charge in [-0.2, -0.15) is 0 Å². The number of nitrogens with zero attached hydrogens (tertiary/aromatic N) is 2. The van der Waals surface area contributed by atoms with Crippen molar-refractivity contribution in [2.45, 2.75) is 25.7 Å². The van der Waals surface area contributed by atoms with Crippen molar-refractivity contribution in [2.24, 2.45) is 0 Å². The molecule has 3 aromatic carbocycles. The fourth-order valence-corrected chi connectivity index (χ4v) is 4.27. The lowest BCUT2D eigenvalue weighted by Gasteiger charge is -2.08. The summed E-state index contributed by atoms with van der Waals surface area (Å²) in [6.07, 6.45) is 1.06. The van der Waals surface area contributed by atoms with Gasteiger partial charge in [0.2, 0.25) is 11.0 Å². The molecular formula is C26H24N4O2S. The Bertz CT molecular complexity index is 1210. The van der Waals surface area contributed by atoms with Crippen LogP contribution in [0.2, 0.25) is 0 Å². The maximum Gasteiger partial charge on any atom is 0.257 e. The van der Waals surface area contributed by atoms with Crippen LogP contribution in [0.4, 0.5) is 10.8 Å². The Kier molecular flexibility index (Phi) is 7.22. The summed E-state index contributed by atoms with van der Waals surface area (Å²) >= 11 is 1.38. The number of hydrogen-bond acceptors (Lipinski definition) is 5. The van der Waals surface area contributed by atoms with Crippen LogP contribution < -0.4 is 10.6 Å². The molecule has 0 radical (unpaired) electrons. The van der Waals surface area contributed by atoms with Crippen LogP contribution in [0.25, 0.3) is 0 Å². The Morgan fingerprint density at radius 2 is 1.52 bits per heavy atom. The van der Waals surface area contributed by atoms with Crippen LogP contribution in [-0.4, -0.2) is 22.0 Å². The number of carbonyl (C=O) groups excluding carboxylic acids is 2. The van der Waals surface area contributed by atoms with E-state index in [9.17, 15) is 9.59 Å². The van der Waals surface area contributed by atoms with Crippen LogP contribution in [0.3, 0.4) is 0 Å². The average molecular weight is 457 g/mol. The van der Waals surface area contributed by atoms with Crippen molar-refractivity contribution in [2.75, 3.05) is 10.6 Å². The van der Waals surface area contributed by atoms with E-state index in [1.165, 1.54) is 16.9 Å². The second-order valence-electron chi connectivity index (χ2n) is 7.76. The zero-order chi connectivity index (χ0) is 23.0. The first kappa shape index (κ1) is 22.4. The molecule has 1 heterocycles. The van der Waals surface area contributed by atoms with Gasteiger partial charge in [0.25, 0.3) is 5.91 Å². The van der Waals surface area contributed by atoms with Gasteiger partial charge in [-0.25, -0.2) is 0 Å². The quantitative estimate of drug-likeness (QED) is 0.376. The molecule has 7 heteroatoms. The van der Waals surface area contributed by atoms with E-state index in [-0.39, 0.29) is 11.8 Å². The molecule has 0 fully saturated rings. The first-order valence-corrected chi connectivity index (χ1v) is 11.5. The molecule has 0 aliphatic rings. The molecule has 4 aromatic rings. The molecule has 0 aliphatic carbocycles. The lowest BCUT2D eigenvalue weighted by Crippen LogP contribution is -2.15. The van der Waals surface area contributed by atoms with Gasteiger partial charge in [-0.05, 0) is 41.3 Å². The summed E-state index contributed by atoms with van der Waals surface area (Å²) in [7, 11) is 0. The fraction of sp³-hybridized carbons (Fsp3) is 0.154. The molecule has 2 N–H and O–H groups in total. The molecular weight excluding hydrogens is 432 g/mol. The van der Waals surface area contributed by atoms with Crippen LogP contribution in [0.15, 0.2) is 84.9 Å². The summed E-state index contributed by atoms with van der Waals surface area (Å²) in [5.41, 5.74) is 3.31. The summed E-state index contributed by atoms with van der Waals surface area (Å²) < 4.78 is 0. The van der Waals surface area contributed by atoms with Crippen molar-refractivity contribution in [1.82, 2.24) is 10.2 Å². The predicted molar refractivity (Wildman–Crippen MR) is 132 cm³/mol. The highest BCUT2D eigenvalue weighted by atomic mass is 32.1. The molecule has 4 rings (SSSR count). The number of hydrogen-bond donors (Lipinski definition) is 2. The minimum atomic E-state index is -0.268. The monoisotopic (exact) mass is 456 g/mol. The van der Waals surface area contributed by atoms with Gasteiger partial charge in [-0.1, -0.05) is 78.9 Å². The smallest absolute Gasteiger partial charge is 0.257 e. The highest BCUT2D eigenvalue weighted by Crippen LogP contribution is 2.24. The lowest BCUT2D eigenvalue weighted by atomic mass is 9.98. The van der Waals surface area contributed by atoms with E-state index < -0.39 is 0 Å². The number of amides is 2. The third-order valence-corrected chi connectivity index (χ3v) is 6.04. The van der Waals surface area contributed by atoms with E-state index in [1.807, 2.05) is 48.5 Å². The average Bonchev–Trinajstić information content (AvgIpc) is 3.27. The number of anilines is 2. The van der Waals surface area contributed by atoms with Crippen molar-refractivity contribution >= 4 is 34.0 Å². The van der Waals surface area contributed by atoms with Crippen LogP contribution in [0.1, 0.15) is 39.3 Å². The van der Waals surface area contributed by atoms with E-state index in [0.717, 1.165) is 17.0 Å². The molecule has 0 bridgehead atoms. The van der Waals surface area contributed by atoms with Crippen LogP contribution in [-0.2, 0) is 17.6 Å². The topological polar surface area (TPSA) is 84.0 Å². The molecule has 0 spiro atoms. The largest absolute Gasteiger partial charge is 0.326 e. The van der Waals surface area contributed by atoms with Crippen LogP contribution >= 0.6 is 11.3 Å². The Morgan fingerprint density at radius 3 is 2.21 bits per heavy atom. The summed E-state index contributed by atoms with van der Waals surface area (Å²) in [6, 6.07) is 26.6. The van der Waals surface area contributed by atoms with Gasteiger partial charge in [0.1, 0.15) is 5.01 Å². The summed E-state index contributed by atoms with van der Waals surface area (Å²) in [5, 5.41) is 15.3. The number of nitrogens with one attached hydrogen (secondary N) is 2. The van der Waals surface area contributed by atoms with E-state index in [2.05, 4.69) is 39.9 Å². The summed E-state index contributed by atoms with van der Waals surface area (Å²) in [4.78, 5) is 24.8. The zero-order valence-electron chi connectivity index (χ0n) is 18.2. The highest BCUT2D eigenvalue weighted by molar-refractivity contribution is 7.15. The molecule has 0 saturated carbocycles. The SMILES string of the molecule is CC(Cc1nnc(NC(=O)c2ccc(NC(=O)Cc3ccccc3)cc2)s1)c1ccccc1. The van der Waals surface area contributed by atoms with E-state index in [0.29, 0.717) is 28.7 Å². The zero-order valence-corrected chi connectivity index (χ0v) is 19.0. The van der Waals surface area contributed by atoms with Crippen molar-refractivity contribution < 1.29 is 9.59 Å². The minimum Gasteiger partial charge on any atom is -0.326 e. The van der Waals surface area contributed by atoms with Crippen molar-refractivity contribution in [1.29, 1.82) is 0 Å². The van der Waals surface area contributed by atoms with Crippen molar-refractivity contribution in [3.63, 3.8) is 0 Å². The summed E-state index contributed by atoms with van der Waals surface area (Å²) in [6.45, 7) is 2.15. The normalized spacial score (nSPS) is 11.5. The number of rotatable bonds is 8. The molecule has 2 amide bonds. The number of benzene rings is 3. The summed E-state index contributed by atoms with van der Waals surface area (Å²) in [5.74, 6) is -0.0622. The molecule has 1 aromatic heterocycles. The number of carbonyl (C=O) groups is 2. The van der Waals surface area contributed by atoms with Gasteiger partial charge < -0.3 is 5.32 Å². The fourth-order valence-electron chi connectivity index (χ4n) is 3.41. The van der Waals surface area contributed by atoms with Gasteiger partial charge >= 0.3 is 0 Å². The maximum atomic E-state index is 12.6. The first-order chi connectivity index (χ1) is 16.1. The molecule has 33 heavy (non-hydrogen) atoms. The Balaban J connectivity index is 1.30. The lowest BCUT2D eigenvalue weighted by molar-refractivity contribution is -0.115. The van der Waals surface area contributed by atoms with Gasteiger partial charge in [-0.15, -0.1) is 10.2 Å². The van der Waals surface area contributed by atoms with Crippen molar-refractivity contribution in [3.05, 3.63) is 107 Å². The van der Waals surface area contributed by atoms with E-state index >= 15 is 0 Å².